The number of hydrogen-bond donors (Lipinski definition) is 1. The number of rotatable bonds is 5. The molecular formula is C19H30FN3OS. The fourth-order valence-electron chi connectivity index (χ4n) is 2.72. The highest BCUT2D eigenvalue weighted by atomic mass is 32.2. The van der Waals surface area contributed by atoms with E-state index in [9.17, 15) is 9.18 Å². The fourth-order valence-corrected chi connectivity index (χ4v) is 3.52. The van der Waals surface area contributed by atoms with Crippen LogP contribution in [0.15, 0.2) is 23.2 Å². The van der Waals surface area contributed by atoms with Crippen molar-refractivity contribution in [2.24, 2.45) is 10.7 Å². The highest BCUT2D eigenvalue weighted by molar-refractivity contribution is 8.14. The molecule has 1 aliphatic rings. The molecule has 1 aromatic carbocycles. The quantitative estimate of drug-likeness (QED) is 0.639. The van der Waals surface area contributed by atoms with Crippen molar-refractivity contribution in [3.8, 4) is 0 Å². The van der Waals surface area contributed by atoms with Crippen molar-refractivity contribution in [2.75, 3.05) is 25.9 Å². The molecule has 0 aromatic heterocycles. The highest BCUT2D eigenvalue weighted by Crippen LogP contribution is 2.17. The number of carbonyl (C=O) groups excluding carboxylic acids is 1. The Hall–Kier alpha value is -1.40. The third-order valence-corrected chi connectivity index (χ3v) is 5.28. The Morgan fingerprint density at radius 3 is 2.60 bits per heavy atom. The van der Waals surface area contributed by atoms with Crippen LogP contribution in [-0.2, 0) is 4.79 Å². The van der Waals surface area contributed by atoms with Crippen molar-refractivity contribution < 1.29 is 9.18 Å². The molecule has 2 rings (SSSR count). The Morgan fingerprint density at radius 1 is 1.44 bits per heavy atom. The average Bonchev–Trinajstić information content (AvgIpc) is 2.99. The van der Waals surface area contributed by atoms with Gasteiger partial charge in [-0.1, -0.05) is 30.8 Å². The predicted molar refractivity (Wildman–Crippen MR) is 106 cm³/mol. The first-order valence-electron chi connectivity index (χ1n) is 8.81. The van der Waals surface area contributed by atoms with Crippen molar-refractivity contribution in [3.05, 3.63) is 35.1 Å². The van der Waals surface area contributed by atoms with E-state index in [-0.39, 0.29) is 11.6 Å². The molecule has 0 bridgehead atoms. The van der Waals surface area contributed by atoms with Crippen LogP contribution in [0.3, 0.4) is 0 Å². The maximum absolute atomic E-state index is 13.4. The van der Waals surface area contributed by atoms with Gasteiger partial charge >= 0.3 is 0 Å². The number of amides is 1. The molecule has 1 unspecified atom stereocenters. The molecule has 140 valence electrons. The number of nitrogens with two attached hydrogens (primary N) is 1. The smallest absolute Gasteiger partial charge is 0.227 e. The number of halogens is 1. The monoisotopic (exact) mass is 367 g/mol. The van der Waals surface area contributed by atoms with Gasteiger partial charge in [0, 0.05) is 18.2 Å². The molecule has 1 saturated heterocycles. The molecule has 25 heavy (non-hydrogen) atoms. The molecular weight excluding hydrogens is 337 g/mol. The molecule has 0 aliphatic carbocycles. The molecule has 0 radical (unpaired) electrons. The first-order valence-corrected chi connectivity index (χ1v) is 9.79. The molecule has 0 spiro atoms. The number of likely N-dealkylation sites (tertiary alicyclic amines) is 1. The first-order chi connectivity index (χ1) is 11.9. The number of primary amides is 1. The molecule has 1 amide bonds. The van der Waals surface area contributed by atoms with Crippen molar-refractivity contribution >= 4 is 22.7 Å². The van der Waals surface area contributed by atoms with Gasteiger partial charge in [0.05, 0.1) is 10.8 Å². The van der Waals surface area contributed by atoms with Crippen molar-refractivity contribution in [3.63, 3.8) is 0 Å². The summed E-state index contributed by atoms with van der Waals surface area (Å²) in [7, 11) is 2.22. The summed E-state index contributed by atoms with van der Waals surface area (Å²) in [5.74, 6) is -0.536. The van der Waals surface area contributed by atoms with Crippen LogP contribution in [0.1, 0.15) is 44.2 Å². The van der Waals surface area contributed by atoms with E-state index in [4.69, 9.17) is 5.73 Å². The number of hydrogen-bond acceptors (Lipinski definition) is 4. The van der Waals surface area contributed by atoms with E-state index in [1.165, 1.54) is 43.6 Å². The van der Waals surface area contributed by atoms with Gasteiger partial charge in [0.2, 0.25) is 5.91 Å². The molecule has 6 heteroatoms. The van der Waals surface area contributed by atoms with Crippen molar-refractivity contribution in [2.45, 2.75) is 46.1 Å². The molecule has 1 atom stereocenters. The number of aliphatic imine (C=N–C) groups is 1. The van der Waals surface area contributed by atoms with Crippen molar-refractivity contribution in [1.82, 2.24) is 4.90 Å². The molecule has 4 nitrogen and oxygen atoms in total. The summed E-state index contributed by atoms with van der Waals surface area (Å²) >= 11 is 1.23. The van der Waals surface area contributed by atoms with Crippen LogP contribution in [-0.4, -0.2) is 47.8 Å². The van der Waals surface area contributed by atoms with Crippen LogP contribution >= 0.6 is 11.8 Å². The number of thioether (sulfide) groups is 1. The van der Waals surface area contributed by atoms with E-state index in [1.807, 2.05) is 6.92 Å². The summed E-state index contributed by atoms with van der Waals surface area (Å²) in [6.45, 7) is 7.75. The van der Waals surface area contributed by atoms with Crippen LogP contribution in [0.2, 0.25) is 0 Å². The zero-order valence-electron chi connectivity index (χ0n) is 15.7. The topological polar surface area (TPSA) is 58.7 Å². The third-order valence-electron chi connectivity index (χ3n) is 4.21. The Bertz CT molecular complexity index is 592. The first kappa shape index (κ1) is 21.6. The zero-order chi connectivity index (χ0) is 18.8. The average molecular weight is 368 g/mol. The minimum absolute atomic E-state index is 0.147. The van der Waals surface area contributed by atoms with E-state index in [0.29, 0.717) is 22.7 Å². The number of aryl methyl sites for hydroxylation is 1. The summed E-state index contributed by atoms with van der Waals surface area (Å²) in [5, 5.41) is 0.644. The molecule has 1 heterocycles. The van der Waals surface area contributed by atoms with E-state index >= 15 is 0 Å². The molecule has 1 aromatic rings. The summed E-state index contributed by atoms with van der Waals surface area (Å²) in [5.41, 5.74) is 6.35. The second kappa shape index (κ2) is 11.3. The van der Waals surface area contributed by atoms with E-state index in [2.05, 4.69) is 23.9 Å². The van der Waals surface area contributed by atoms with Gasteiger partial charge in [0.25, 0.3) is 0 Å². The Balaban J connectivity index is 0.000000324. The van der Waals surface area contributed by atoms with Crippen LogP contribution in [0.5, 0.6) is 0 Å². The van der Waals surface area contributed by atoms with Gasteiger partial charge in [0.15, 0.2) is 0 Å². The normalized spacial score (nSPS) is 18.0. The second-order valence-electron chi connectivity index (χ2n) is 6.18. The third kappa shape index (κ3) is 7.57. The van der Waals surface area contributed by atoms with Crippen molar-refractivity contribution in [1.29, 1.82) is 0 Å². The lowest BCUT2D eigenvalue weighted by molar-refractivity contribution is -0.115. The Kier molecular flexibility index (Phi) is 9.75. The van der Waals surface area contributed by atoms with Gasteiger partial charge in [0.1, 0.15) is 5.82 Å². The summed E-state index contributed by atoms with van der Waals surface area (Å²) in [4.78, 5) is 17.4. The SMILES string of the molecule is CCC1CCCN1C.CCN=C(SCC(N)=O)c1ccc(C)c(F)c1. The largest absolute Gasteiger partial charge is 0.369 e. The minimum atomic E-state index is -0.411. The lowest BCUT2D eigenvalue weighted by Gasteiger charge is -2.16. The van der Waals surface area contributed by atoms with Gasteiger partial charge in [-0.25, -0.2) is 4.39 Å². The Morgan fingerprint density at radius 2 is 2.16 bits per heavy atom. The molecule has 0 saturated carbocycles. The lowest BCUT2D eigenvalue weighted by atomic mass is 10.1. The van der Waals surface area contributed by atoms with Gasteiger partial charge in [-0.15, -0.1) is 0 Å². The van der Waals surface area contributed by atoms with E-state index < -0.39 is 5.91 Å². The van der Waals surface area contributed by atoms with Crippen LogP contribution in [0, 0.1) is 12.7 Å². The highest BCUT2D eigenvalue weighted by Gasteiger charge is 2.17. The zero-order valence-corrected chi connectivity index (χ0v) is 16.5. The lowest BCUT2D eigenvalue weighted by Crippen LogP contribution is -2.23. The molecule has 1 fully saturated rings. The summed E-state index contributed by atoms with van der Waals surface area (Å²) in [6.07, 6.45) is 4.17. The van der Waals surface area contributed by atoms with Gasteiger partial charge in [-0.05, 0) is 58.3 Å². The van der Waals surface area contributed by atoms with E-state index in [0.717, 1.165) is 6.04 Å². The maximum atomic E-state index is 13.4. The standard InChI is InChI=1S/C12H15FN2OS.C7H15N/c1-3-15-12(17-7-11(14)16)9-5-4-8(2)10(13)6-9;1-3-7-5-4-6-8(7)2/h4-6H,3,7H2,1-2H3,(H2,14,16);7H,3-6H2,1-2H3. The minimum Gasteiger partial charge on any atom is -0.369 e. The van der Waals surface area contributed by atoms with Crippen LogP contribution < -0.4 is 5.73 Å². The predicted octanol–water partition coefficient (Wildman–Crippen LogP) is 3.61. The number of nitrogens with zero attached hydrogens (tertiary/aromatic N) is 2. The fraction of sp³-hybridized carbons (Fsp3) is 0.579. The van der Waals surface area contributed by atoms with Gasteiger partial charge in [-0.2, -0.15) is 0 Å². The number of benzene rings is 1. The second-order valence-corrected chi connectivity index (χ2v) is 7.15. The van der Waals surface area contributed by atoms with Gasteiger partial charge in [-0.3, -0.25) is 9.79 Å². The van der Waals surface area contributed by atoms with Gasteiger partial charge < -0.3 is 10.6 Å². The maximum Gasteiger partial charge on any atom is 0.227 e. The summed E-state index contributed by atoms with van der Waals surface area (Å²) in [6, 6.07) is 5.81. The molecule has 1 aliphatic heterocycles. The molecule has 2 N–H and O–H groups in total. The number of carbonyl (C=O) groups is 1. The van der Waals surface area contributed by atoms with Crippen LogP contribution in [0.25, 0.3) is 0 Å². The Labute approximate surface area is 155 Å². The van der Waals surface area contributed by atoms with E-state index in [1.54, 1.807) is 19.1 Å². The van der Waals surface area contributed by atoms with Crippen LogP contribution in [0.4, 0.5) is 4.39 Å². The summed E-state index contributed by atoms with van der Waals surface area (Å²) < 4.78 is 13.4.